The van der Waals surface area contributed by atoms with Gasteiger partial charge in [-0.1, -0.05) is 25.1 Å². The lowest BCUT2D eigenvalue weighted by Crippen LogP contribution is -2.49. The number of alkyl halides is 3. The highest BCUT2D eigenvalue weighted by molar-refractivity contribution is 5.33. The van der Waals surface area contributed by atoms with Crippen LogP contribution in [0, 0.1) is 0 Å². The molecule has 1 aliphatic heterocycles. The highest BCUT2D eigenvalue weighted by atomic mass is 19.4. The molecule has 2 unspecified atom stereocenters. The molecule has 0 bridgehead atoms. The van der Waals surface area contributed by atoms with Crippen LogP contribution in [0.15, 0.2) is 24.3 Å². The first-order chi connectivity index (χ1) is 9.80. The molecule has 1 saturated heterocycles. The maximum atomic E-state index is 13.2. The SMILES string of the molecule is CCC(C)(C(O)c1ccccc1C(F)(F)F)N1CCCC1. The van der Waals surface area contributed by atoms with Crippen LogP contribution < -0.4 is 0 Å². The van der Waals surface area contributed by atoms with E-state index in [2.05, 4.69) is 4.90 Å². The zero-order valence-electron chi connectivity index (χ0n) is 12.5. The fourth-order valence-corrected chi connectivity index (χ4v) is 3.15. The third kappa shape index (κ3) is 3.09. The first-order valence-corrected chi connectivity index (χ1v) is 7.40. The average Bonchev–Trinajstić information content (AvgIpc) is 2.99. The van der Waals surface area contributed by atoms with Crippen molar-refractivity contribution >= 4 is 0 Å². The molecule has 1 aliphatic rings. The monoisotopic (exact) mass is 301 g/mol. The standard InChI is InChI=1S/C16H22F3NO/c1-3-15(2,20-10-6-7-11-20)14(21)12-8-4-5-9-13(12)16(17,18)19/h4-5,8-9,14,21H,3,6-7,10-11H2,1-2H3. The Balaban J connectivity index is 2.40. The molecule has 0 spiro atoms. The number of benzene rings is 1. The molecule has 2 atom stereocenters. The second kappa shape index (κ2) is 5.97. The number of aliphatic hydroxyl groups is 1. The van der Waals surface area contributed by atoms with Gasteiger partial charge in [-0.3, -0.25) is 4.90 Å². The highest BCUT2D eigenvalue weighted by Crippen LogP contribution is 2.41. The summed E-state index contributed by atoms with van der Waals surface area (Å²) in [7, 11) is 0. The molecular weight excluding hydrogens is 279 g/mol. The van der Waals surface area contributed by atoms with E-state index in [1.807, 2.05) is 13.8 Å². The van der Waals surface area contributed by atoms with E-state index in [0.29, 0.717) is 6.42 Å². The Morgan fingerprint density at radius 1 is 1.19 bits per heavy atom. The van der Waals surface area contributed by atoms with E-state index in [1.165, 1.54) is 12.1 Å². The normalized spacial score (nSPS) is 21.2. The number of halogens is 3. The van der Waals surface area contributed by atoms with E-state index in [0.717, 1.165) is 32.0 Å². The van der Waals surface area contributed by atoms with Crippen LogP contribution in [-0.2, 0) is 6.18 Å². The molecule has 0 aliphatic carbocycles. The first-order valence-electron chi connectivity index (χ1n) is 7.40. The molecule has 0 saturated carbocycles. The number of hydrogen-bond donors (Lipinski definition) is 1. The van der Waals surface area contributed by atoms with E-state index in [-0.39, 0.29) is 5.56 Å². The van der Waals surface area contributed by atoms with Gasteiger partial charge in [0.2, 0.25) is 0 Å². The van der Waals surface area contributed by atoms with Crippen molar-refractivity contribution in [2.75, 3.05) is 13.1 Å². The van der Waals surface area contributed by atoms with E-state index in [9.17, 15) is 18.3 Å². The van der Waals surface area contributed by atoms with Crippen LogP contribution in [-0.4, -0.2) is 28.6 Å². The predicted molar refractivity (Wildman–Crippen MR) is 75.9 cm³/mol. The Morgan fingerprint density at radius 3 is 2.29 bits per heavy atom. The van der Waals surface area contributed by atoms with Crippen molar-refractivity contribution in [1.82, 2.24) is 4.90 Å². The second-order valence-electron chi connectivity index (χ2n) is 5.89. The fraction of sp³-hybridized carbons (Fsp3) is 0.625. The zero-order chi connectivity index (χ0) is 15.7. The molecule has 1 aromatic carbocycles. The van der Waals surface area contributed by atoms with E-state index in [4.69, 9.17) is 0 Å². The minimum atomic E-state index is -4.45. The number of rotatable bonds is 4. The molecule has 2 nitrogen and oxygen atoms in total. The van der Waals surface area contributed by atoms with Gasteiger partial charge >= 0.3 is 6.18 Å². The Labute approximate surface area is 123 Å². The van der Waals surface area contributed by atoms with Crippen LogP contribution in [0.2, 0.25) is 0 Å². The van der Waals surface area contributed by atoms with Crippen molar-refractivity contribution in [3.8, 4) is 0 Å². The van der Waals surface area contributed by atoms with Crippen molar-refractivity contribution in [3.05, 3.63) is 35.4 Å². The van der Waals surface area contributed by atoms with Gasteiger partial charge in [-0.05, 0) is 50.9 Å². The average molecular weight is 301 g/mol. The number of nitrogens with zero attached hydrogens (tertiary/aromatic N) is 1. The Morgan fingerprint density at radius 2 is 1.76 bits per heavy atom. The Hall–Kier alpha value is -1.07. The van der Waals surface area contributed by atoms with Crippen LogP contribution in [0.1, 0.15) is 50.3 Å². The maximum absolute atomic E-state index is 13.2. The van der Waals surface area contributed by atoms with Crippen molar-refractivity contribution in [1.29, 1.82) is 0 Å². The smallest absolute Gasteiger partial charge is 0.386 e. The molecule has 0 radical (unpaired) electrons. The molecule has 21 heavy (non-hydrogen) atoms. The first kappa shape index (κ1) is 16.3. The summed E-state index contributed by atoms with van der Waals surface area (Å²) in [4.78, 5) is 2.12. The summed E-state index contributed by atoms with van der Waals surface area (Å²) in [5, 5.41) is 10.7. The lowest BCUT2D eigenvalue weighted by atomic mass is 9.83. The summed E-state index contributed by atoms with van der Waals surface area (Å²) in [6, 6.07) is 5.34. The lowest BCUT2D eigenvalue weighted by molar-refractivity contribution is -0.140. The van der Waals surface area contributed by atoms with Crippen molar-refractivity contribution in [2.45, 2.75) is 50.9 Å². The molecule has 1 heterocycles. The summed E-state index contributed by atoms with van der Waals surface area (Å²) in [6.45, 7) is 5.43. The van der Waals surface area contributed by atoms with Gasteiger partial charge in [-0.25, -0.2) is 0 Å². The summed E-state index contributed by atoms with van der Waals surface area (Å²) >= 11 is 0. The minimum absolute atomic E-state index is 0.0266. The lowest BCUT2D eigenvalue weighted by Gasteiger charge is -2.42. The summed E-state index contributed by atoms with van der Waals surface area (Å²) in [5.74, 6) is 0. The third-order valence-corrected chi connectivity index (χ3v) is 4.69. The van der Waals surface area contributed by atoms with Crippen molar-refractivity contribution in [2.24, 2.45) is 0 Å². The van der Waals surface area contributed by atoms with Gasteiger partial charge in [-0.15, -0.1) is 0 Å². The minimum Gasteiger partial charge on any atom is -0.386 e. The van der Waals surface area contributed by atoms with Crippen LogP contribution in [0.4, 0.5) is 13.2 Å². The van der Waals surface area contributed by atoms with E-state index in [1.54, 1.807) is 6.07 Å². The summed E-state index contributed by atoms with van der Waals surface area (Å²) in [6.07, 6.45) is -2.94. The summed E-state index contributed by atoms with van der Waals surface area (Å²) < 4.78 is 39.5. The molecular formula is C16H22F3NO. The van der Waals surface area contributed by atoms with Gasteiger partial charge in [0.05, 0.1) is 11.7 Å². The molecule has 2 rings (SSSR count). The highest BCUT2D eigenvalue weighted by Gasteiger charge is 2.43. The van der Waals surface area contributed by atoms with E-state index < -0.39 is 23.4 Å². The van der Waals surface area contributed by atoms with Gasteiger partial charge in [0.15, 0.2) is 0 Å². The van der Waals surface area contributed by atoms with Gasteiger partial charge in [0.1, 0.15) is 0 Å². The third-order valence-electron chi connectivity index (χ3n) is 4.69. The van der Waals surface area contributed by atoms with E-state index >= 15 is 0 Å². The van der Waals surface area contributed by atoms with Gasteiger partial charge < -0.3 is 5.11 Å². The molecule has 1 fully saturated rings. The number of hydrogen-bond acceptors (Lipinski definition) is 2. The molecule has 0 aromatic heterocycles. The van der Waals surface area contributed by atoms with Gasteiger partial charge in [-0.2, -0.15) is 13.2 Å². The maximum Gasteiger partial charge on any atom is 0.416 e. The van der Waals surface area contributed by atoms with Crippen LogP contribution >= 0.6 is 0 Å². The number of likely N-dealkylation sites (tertiary alicyclic amines) is 1. The molecule has 1 N–H and O–H groups in total. The van der Waals surface area contributed by atoms with Crippen LogP contribution in [0.25, 0.3) is 0 Å². The fourth-order valence-electron chi connectivity index (χ4n) is 3.15. The van der Waals surface area contributed by atoms with Gasteiger partial charge in [0.25, 0.3) is 0 Å². The predicted octanol–water partition coefficient (Wildman–Crippen LogP) is 4.00. The van der Waals surface area contributed by atoms with Crippen LogP contribution in [0.3, 0.4) is 0 Å². The van der Waals surface area contributed by atoms with Gasteiger partial charge in [0, 0.05) is 5.54 Å². The van der Waals surface area contributed by atoms with Crippen LogP contribution in [0.5, 0.6) is 0 Å². The van der Waals surface area contributed by atoms with Crippen molar-refractivity contribution in [3.63, 3.8) is 0 Å². The largest absolute Gasteiger partial charge is 0.416 e. The molecule has 118 valence electrons. The zero-order valence-corrected chi connectivity index (χ0v) is 12.5. The topological polar surface area (TPSA) is 23.5 Å². The Kier molecular flexibility index (Phi) is 4.63. The molecule has 1 aromatic rings. The van der Waals surface area contributed by atoms with Crippen molar-refractivity contribution < 1.29 is 18.3 Å². The molecule has 0 amide bonds. The molecule has 5 heteroatoms. The Bertz CT molecular complexity index is 483. The summed E-state index contributed by atoms with van der Waals surface area (Å²) in [5.41, 5.74) is -1.43. The quantitative estimate of drug-likeness (QED) is 0.908. The second-order valence-corrected chi connectivity index (χ2v) is 5.89. The number of aliphatic hydroxyl groups excluding tert-OH is 1.